The van der Waals surface area contributed by atoms with Gasteiger partial charge in [-0.3, -0.25) is 9.69 Å². The van der Waals surface area contributed by atoms with Gasteiger partial charge in [0, 0.05) is 31.5 Å². The van der Waals surface area contributed by atoms with Crippen LogP contribution < -0.4 is 5.32 Å². The number of sulfone groups is 1. The van der Waals surface area contributed by atoms with Gasteiger partial charge < -0.3 is 10.1 Å². The lowest BCUT2D eigenvalue weighted by molar-refractivity contribution is 0.0332. The van der Waals surface area contributed by atoms with E-state index in [0.29, 0.717) is 25.3 Å². The summed E-state index contributed by atoms with van der Waals surface area (Å²) in [6, 6.07) is 15.7. The van der Waals surface area contributed by atoms with Crippen LogP contribution >= 0.6 is 0 Å². The van der Waals surface area contributed by atoms with Crippen LogP contribution in [0.2, 0.25) is 0 Å². The molecule has 1 amide bonds. The summed E-state index contributed by atoms with van der Waals surface area (Å²) in [7, 11) is -3.28. The molecular weight excluding hydrogens is 364 g/mol. The van der Waals surface area contributed by atoms with E-state index in [-0.39, 0.29) is 16.8 Å². The smallest absolute Gasteiger partial charge is 0.251 e. The minimum Gasteiger partial charge on any atom is -0.379 e. The Labute approximate surface area is 160 Å². The Morgan fingerprint density at radius 2 is 1.70 bits per heavy atom. The Bertz CT molecular complexity index is 861. The second-order valence-corrected chi connectivity index (χ2v) is 8.66. The normalized spacial score (nSPS) is 16.6. The van der Waals surface area contributed by atoms with E-state index in [0.717, 1.165) is 24.9 Å². The molecule has 1 heterocycles. The number of nitrogens with one attached hydrogen (secondary N) is 1. The molecule has 1 fully saturated rings. The maximum absolute atomic E-state index is 12.7. The van der Waals surface area contributed by atoms with E-state index in [9.17, 15) is 13.2 Å². The highest BCUT2D eigenvalue weighted by atomic mass is 32.2. The molecule has 27 heavy (non-hydrogen) atoms. The fraction of sp³-hybridized carbons (Fsp3) is 0.350. The largest absolute Gasteiger partial charge is 0.379 e. The first-order valence-electron chi connectivity index (χ1n) is 8.89. The maximum Gasteiger partial charge on any atom is 0.251 e. The average Bonchev–Trinajstić information content (AvgIpc) is 2.68. The van der Waals surface area contributed by atoms with E-state index in [1.54, 1.807) is 12.1 Å². The molecule has 0 spiro atoms. The number of ether oxygens (including phenoxy) is 1. The lowest BCUT2D eigenvalue weighted by Crippen LogP contribution is -2.43. The van der Waals surface area contributed by atoms with Gasteiger partial charge in [-0.25, -0.2) is 8.42 Å². The first-order valence-corrected chi connectivity index (χ1v) is 10.8. The second kappa shape index (κ2) is 8.65. The van der Waals surface area contributed by atoms with Gasteiger partial charge >= 0.3 is 0 Å². The minimum atomic E-state index is -3.28. The molecule has 2 aromatic rings. The van der Waals surface area contributed by atoms with Crippen LogP contribution in [0.4, 0.5) is 0 Å². The van der Waals surface area contributed by atoms with Crippen LogP contribution in [0.25, 0.3) is 0 Å². The van der Waals surface area contributed by atoms with Crippen LogP contribution in [-0.4, -0.2) is 58.3 Å². The highest BCUT2D eigenvalue weighted by molar-refractivity contribution is 7.90. The molecule has 0 aromatic heterocycles. The summed E-state index contributed by atoms with van der Waals surface area (Å²) in [6.07, 6.45) is 1.15. The predicted octanol–water partition coefficient (Wildman–Crippen LogP) is 1.89. The summed E-state index contributed by atoms with van der Waals surface area (Å²) < 4.78 is 28.6. The van der Waals surface area contributed by atoms with E-state index in [1.165, 1.54) is 12.1 Å². The maximum atomic E-state index is 12.7. The van der Waals surface area contributed by atoms with Gasteiger partial charge in [-0.15, -0.1) is 0 Å². The Morgan fingerprint density at radius 1 is 1.07 bits per heavy atom. The Morgan fingerprint density at radius 3 is 2.30 bits per heavy atom. The van der Waals surface area contributed by atoms with Gasteiger partial charge in [-0.05, 0) is 29.8 Å². The van der Waals surface area contributed by atoms with Crippen molar-refractivity contribution in [2.45, 2.75) is 10.9 Å². The number of carbonyl (C=O) groups is 1. The zero-order valence-electron chi connectivity index (χ0n) is 15.3. The first-order chi connectivity index (χ1) is 12.9. The van der Waals surface area contributed by atoms with Crippen molar-refractivity contribution in [3.05, 3.63) is 65.7 Å². The van der Waals surface area contributed by atoms with Crippen molar-refractivity contribution in [1.29, 1.82) is 0 Å². The first kappa shape index (κ1) is 19.5. The molecule has 1 aliphatic rings. The van der Waals surface area contributed by atoms with Crippen LogP contribution in [0.15, 0.2) is 59.5 Å². The molecule has 1 aliphatic heterocycles. The summed E-state index contributed by atoms with van der Waals surface area (Å²) in [5, 5.41) is 3.08. The highest BCUT2D eigenvalue weighted by Gasteiger charge is 2.21. The average molecular weight is 388 g/mol. The van der Waals surface area contributed by atoms with E-state index in [4.69, 9.17) is 4.74 Å². The van der Waals surface area contributed by atoms with E-state index in [1.807, 2.05) is 30.3 Å². The molecule has 3 rings (SSSR count). The van der Waals surface area contributed by atoms with Gasteiger partial charge in [0.1, 0.15) is 0 Å². The number of hydrogen-bond acceptors (Lipinski definition) is 5. The molecule has 1 saturated heterocycles. The zero-order chi connectivity index (χ0) is 19.3. The van der Waals surface area contributed by atoms with Gasteiger partial charge in [0.15, 0.2) is 9.84 Å². The minimum absolute atomic E-state index is 0.161. The topological polar surface area (TPSA) is 75.7 Å². The molecule has 1 N–H and O–H groups in total. The number of morpholine rings is 1. The quantitative estimate of drug-likeness (QED) is 0.818. The van der Waals surface area contributed by atoms with Crippen molar-refractivity contribution in [2.24, 2.45) is 0 Å². The van der Waals surface area contributed by atoms with Gasteiger partial charge in [0.05, 0.1) is 24.2 Å². The summed E-state index contributed by atoms with van der Waals surface area (Å²) >= 11 is 0. The Hall–Kier alpha value is -2.22. The predicted molar refractivity (Wildman–Crippen MR) is 103 cm³/mol. The van der Waals surface area contributed by atoms with E-state index in [2.05, 4.69) is 10.2 Å². The van der Waals surface area contributed by atoms with E-state index >= 15 is 0 Å². The number of hydrogen-bond donors (Lipinski definition) is 1. The molecule has 0 aliphatic carbocycles. The van der Waals surface area contributed by atoms with Gasteiger partial charge in [-0.1, -0.05) is 30.3 Å². The Balaban J connectivity index is 1.75. The fourth-order valence-electron chi connectivity index (χ4n) is 3.06. The third kappa shape index (κ3) is 5.38. The molecule has 6 nitrogen and oxygen atoms in total. The second-order valence-electron chi connectivity index (χ2n) is 6.65. The molecule has 0 radical (unpaired) electrons. The molecule has 0 bridgehead atoms. The van der Waals surface area contributed by atoms with E-state index < -0.39 is 9.84 Å². The van der Waals surface area contributed by atoms with Crippen molar-refractivity contribution >= 4 is 15.7 Å². The summed E-state index contributed by atoms with van der Waals surface area (Å²) in [4.78, 5) is 15.2. The standard InChI is InChI=1S/C20H24N2O4S/c1-27(24,25)18-9-7-17(8-10-18)20(23)21-19(16-5-3-2-4-6-16)15-22-11-13-26-14-12-22/h2-10,19H,11-15H2,1H3,(H,21,23)/t19-/m1/s1. The highest BCUT2D eigenvalue weighted by Crippen LogP contribution is 2.17. The SMILES string of the molecule is CS(=O)(=O)c1ccc(C(=O)N[C@H](CN2CCOCC2)c2ccccc2)cc1. The van der Waals surface area contributed by atoms with Crippen molar-refractivity contribution in [3.63, 3.8) is 0 Å². The lowest BCUT2D eigenvalue weighted by atomic mass is 10.1. The van der Waals surface area contributed by atoms with Crippen LogP contribution in [-0.2, 0) is 14.6 Å². The summed E-state index contributed by atoms with van der Waals surface area (Å²) in [5.41, 5.74) is 1.47. The number of rotatable bonds is 6. The molecule has 0 unspecified atom stereocenters. The van der Waals surface area contributed by atoms with Gasteiger partial charge in [0.2, 0.25) is 0 Å². The van der Waals surface area contributed by atoms with Crippen molar-refractivity contribution < 1.29 is 17.9 Å². The van der Waals surface area contributed by atoms with Crippen LogP contribution in [0.3, 0.4) is 0 Å². The molecule has 144 valence electrons. The molecule has 2 aromatic carbocycles. The van der Waals surface area contributed by atoms with Crippen molar-refractivity contribution in [3.8, 4) is 0 Å². The summed E-state index contributed by atoms with van der Waals surface area (Å²) in [5.74, 6) is -0.225. The van der Waals surface area contributed by atoms with Crippen molar-refractivity contribution in [1.82, 2.24) is 10.2 Å². The lowest BCUT2D eigenvalue weighted by Gasteiger charge is -2.31. The van der Waals surface area contributed by atoms with Crippen LogP contribution in [0, 0.1) is 0 Å². The zero-order valence-corrected chi connectivity index (χ0v) is 16.1. The molecule has 1 atom stereocenters. The van der Waals surface area contributed by atoms with Gasteiger partial charge in [-0.2, -0.15) is 0 Å². The third-order valence-corrected chi connectivity index (χ3v) is 5.72. The summed E-state index contributed by atoms with van der Waals surface area (Å²) in [6.45, 7) is 3.76. The molecule has 7 heteroatoms. The van der Waals surface area contributed by atoms with Crippen molar-refractivity contribution in [2.75, 3.05) is 39.1 Å². The Kier molecular flexibility index (Phi) is 6.26. The monoisotopic (exact) mass is 388 g/mol. The molecular formula is C20H24N2O4S. The number of amides is 1. The molecule has 0 saturated carbocycles. The fourth-order valence-corrected chi connectivity index (χ4v) is 3.69. The third-order valence-electron chi connectivity index (χ3n) is 4.60. The number of benzene rings is 2. The van der Waals surface area contributed by atoms with Crippen LogP contribution in [0.1, 0.15) is 22.0 Å². The number of carbonyl (C=O) groups excluding carboxylic acids is 1. The number of nitrogens with zero attached hydrogens (tertiary/aromatic N) is 1. The van der Waals surface area contributed by atoms with Gasteiger partial charge in [0.25, 0.3) is 5.91 Å². The van der Waals surface area contributed by atoms with Crippen LogP contribution in [0.5, 0.6) is 0 Å².